The summed E-state index contributed by atoms with van der Waals surface area (Å²) in [4.78, 5) is 42.3. The molecule has 1 unspecified atom stereocenters. The third-order valence-electron chi connectivity index (χ3n) is 3.77. The number of allylic oxidation sites excluding steroid dienone is 1. The topological polar surface area (TPSA) is 127 Å². The molecule has 2 N–H and O–H groups in total. The van der Waals surface area contributed by atoms with E-state index in [0.29, 0.717) is 24.2 Å². The monoisotopic (exact) mass is 448 g/mol. The number of rotatable bonds is 5. The van der Waals surface area contributed by atoms with Gasteiger partial charge >= 0.3 is 17.9 Å². The van der Waals surface area contributed by atoms with E-state index in [2.05, 4.69) is 38.2 Å². The Morgan fingerprint density at radius 1 is 0.875 bits per heavy atom. The second-order valence-corrected chi connectivity index (χ2v) is 7.16. The second kappa shape index (κ2) is 15.4. The van der Waals surface area contributed by atoms with Crippen molar-refractivity contribution in [1.82, 2.24) is 0 Å². The van der Waals surface area contributed by atoms with Crippen molar-refractivity contribution in [2.45, 2.75) is 53.2 Å². The van der Waals surface area contributed by atoms with Crippen LogP contribution in [0, 0.1) is 17.8 Å². The minimum absolute atomic E-state index is 0.176. The van der Waals surface area contributed by atoms with Crippen molar-refractivity contribution in [2.75, 3.05) is 6.61 Å². The number of hydrogen-bond acceptors (Lipinski definition) is 6. The van der Waals surface area contributed by atoms with Crippen molar-refractivity contribution in [3.8, 4) is 11.8 Å². The quantitative estimate of drug-likeness (QED) is 0.284. The van der Waals surface area contributed by atoms with Crippen LogP contribution in [0.15, 0.2) is 48.6 Å². The molecule has 1 aliphatic heterocycles. The van der Waals surface area contributed by atoms with Crippen LogP contribution < -0.4 is 0 Å². The maximum Gasteiger partial charge on any atom is 0.333 e. The van der Waals surface area contributed by atoms with E-state index in [1.165, 1.54) is 13.8 Å². The number of carboxylic acids is 2. The summed E-state index contributed by atoms with van der Waals surface area (Å²) in [7, 11) is 0. The van der Waals surface area contributed by atoms with Crippen molar-refractivity contribution in [1.29, 1.82) is 0 Å². The fraction of sp³-hybridized carbons (Fsp3) is 0.417. The van der Waals surface area contributed by atoms with Crippen LogP contribution in [0.1, 0.15) is 41.0 Å². The number of esters is 1. The fourth-order valence-corrected chi connectivity index (χ4v) is 1.79. The molecule has 1 heterocycles. The van der Waals surface area contributed by atoms with Gasteiger partial charge in [0.2, 0.25) is 5.78 Å². The first-order chi connectivity index (χ1) is 14.6. The average molecular weight is 449 g/mol. The Labute approximate surface area is 189 Å². The van der Waals surface area contributed by atoms with Crippen LogP contribution in [0.3, 0.4) is 0 Å². The predicted octanol–water partition coefficient (Wildman–Crippen LogP) is 3.34. The summed E-state index contributed by atoms with van der Waals surface area (Å²) < 4.78 is 10.9. The molecule has 0 amide bonds. The molecule has 0 aromatic carbocycles. The van der Waals surface area contributed by atoms with E-state index < -0.39 is 17.9 Å². The number of aliphatic carboxylic acids is 2. The zero-order valence-electron chi connectivity index (χ0n) is 19.3. The summed E-state index contributed by atoms with van der Waals surface area (Å²) in [5.74, 6) is 2.44. The molecule has 1 aliphatic rings. The highest BCUT2D eigenvalue weighted by atomic mass is 16.6. The van der Waals surface area contributed by atoms with Crippen LogP contribution in [0.5, 0.6) is 0 Å². The van der Waals surface area contributed by atoms with Crippen molar-refractivity contribution in [2.24, 2.45) is 5.92 Å². The van der Waals surface area contributed by atoms with Gasteiger partial charge in [-0.25, -0.2) is 14.4 Å². The molecular formula is C24H32O8. The molecule has 0 aromatic rings. The zero-order chi connectivity index (χ0) is 25.6. The molecule has 0 saturated carbocycles. The molecule has 176 valence electrons. The predicted molar refractivity (Wildman–Crippen MR) is 121 cm³/mol. The Hall–Kier alpha value is -3.44. The molecule has 0 aliphatic carbocycles. The minimum atomic E-state index is -0.935. The Balaban J connectivity index is 0. The van der Waals surface area contributed by atoms with E-state index in [4.69, 9.17) is 19.7 Å². The summed E-state index contributed by atoms with van der Waals surface area (Å²) in [6.45, 7) is 21.9. The Kier molecular flexibility index (Phi) is 14.8. The van der Waals surface area contributed by atoms with Crippen LogP contribution in [0.2, 0.25) is 0 Å². The zero-order valence-corrected chi connectivity index (χ0v) is 19.3. The summed E-state index contributed by atoms with van der Waals surface area (Å²) in [6, 6.07) is 0. The smallest absolute Gasteiger partial charge is 0.333 e. The molecule has 0 aromatic heterocycles. The molecule has 8 heteroatoms. The lowest BCUT2D eigenvalue weighted by atomic mass is 9.92. The molecule has 8 nitrogen and oxygen atoms in total. The van der Waals surface area contributed by atoms with Gasteiger partial charge in [0.05, 0.1) is 18.6 Å². The van der Waals surface area contributed by atoms with Crippen molar-refractivity contribution >= 4 is 23.7 Å². The first-order valence-corrected chi connectivity index (χ1v) is 9.58. The molecule has 0 bridgehead atoms. The number of ketones is 1. The second-order valence-electron chi connectivity index (χ2n) is 7.16. The lowest BCUT2D eigenvalue weighted by Gasteiger charge is -2.32. The molecule has 1 fully saturated rings. The van der Waals surface area contributed by atoms with Crippen LogP contribution in [0.4, 0.5) is 0 Å². The van der Waals surface area contributed by atoms with E-state index in [1.807, 2.05) is 6.92 Å². The van der Waals surface area contributed by atoms with Gasteiger partial charge in [0.15, 0.2) is 0 Å². The third-order valence-corrected chi connectivity index (χ3v) is 3.77. The molecule has 1 rings (SSSR count). The lowest BCUT2D eigenvalue weighted by Crippen LogP contribution is -2.40. The highest BCUT2D eigenvalue weighted by Gasteiger charge is 2.33. The van der Waals surface area contributed by atoms with Gasteiger partial charge in [0.1, 0.15) is 6.10 Å². The van der Waals surface area contributed by atoms with Gasteiger partial charge in [0.25, 0.3) is 0 Å². The van der Waals surface area contributed by atoms with Gasteiger partial charge in [-0.05, 0) is 46.1 Å². The molecule has 3 atom stereocenters. The number of carbonyl (C=O) groups excluding carboxylic acids is 2. The van der Waals surface area contributed by atoms with Crippen LogP contribution in [-0.4, -0.2) is 52.7 Å². The summed E-state index contributed by atoms with van der Waals surface area (Å²) in [6.07, 6.45) is -0.0188. The van der Waals surface area contributed by atoms with E-state index in [1.54, 1.807) is 13.8 Å². The fourth-order valence-electron chi connectivity index (χ4n) is 1.79. The number of Topliss-reactive ketones (excluding diaryl/α,β-unsaturated/α-hetero) is 1. The Morgan fingerprint density at radius 2 is 1.31 bits per heavy atom. The van der Waals surface area contributed by atoms with E-state index in [9.17, 15) is 19.2 Å². The van der Waals surface area contributed by atoms with Gasteiger partial charge in [0, 0.05) is 23.1 Å². The maximum absolute atomic E-state index is 11.6. The van der Waals surface area contributed by atoms with Gasteiger partial charge in [-0.3, -0.25) is 4.79 Å². The standard InChI is InChI=1S/C16H20O4.2C4H6O2/c1-10(2)14(17)7-6-13-12(5)19-9-8-15(13)20-16(18)11(3)4;2*1-3(2)4(5)6/h12-13,15H,1,3,8-9H2,2,4-5H3;2*1H2,2H3,(H,5,6)/t12?,13-,15-;;/m1../s1. The normalized spacial score (nSPS) is 18.5. The van der Waals surface area contributed by atoms with Crippen LogP contribution in [-0.2, 0) is 28.7 Å². The lowest BCUT2D eigenvalue weighted by molar-refractivity contribution is -0.155. The summed E-state index contributed by atoms with van der Waals surface area (Å²) in [5, 5.41) is 15.8. The Morgan fingerprint density at radius 3 is 1.66 bits per heavy atom. The van der Waals surface area contributed by atoms with Gasteiger partial charge in [-0.2, -0.15) is 0 Å². The van der Waals surface area contributed by atoms with Crippen LogP contribution in [0.25, 0.3) is 0 Å². The SMILES string of the molecule is C=C(C)C(=O)C#C[C@@H]1C(C)OCC[C@H]1OC(=O)C(=C)C.C=C(C)C(=O)O.C=C(C)C(=O)O. The van der Waals surface area contributed by atoms with Crippen LogP contribution >= 0.6 is 0 Å². The molecule has 32 heavy (non-hydrogen) atoms. The molecule has 0 spiro atoms. The number of ether oxygens (including phenoxy) is 2. The van der Waals surface area contributed by atoms with Gasteiger partial charge in [-0.15, -0.1) is 0 Å². The van der Waals surface area contributed by atoms with Crippen molar-refractivity contribution < 1.29 is 38.9 Å². The average Bonchev–Trinajstić information content (AvgIpc) is 2.67. The third kappa shape index (κ3) is 13.7. The minimum Gasteiger partial charge on any atom is -0.478 e. The largest absolute Gasteiger partial charge is 0.478 e. The van der Waals surface area contributed by atoms with E-state index >= 15 is 0 Å². The van der Waals surface area contributed by atoms with Gasteiger partial charge < -0.3 is 19.7 Å². The van der Waals surface area contributed by atoms with Crippen molar-refractivity contribution in [3.05, 3.63) is 48.6 Å². The maximum atomic E-state index is 11.6. The Bertz CT molecular complexity index is 790. The summed E-state index contributed by atoms with van der Waals surface area (Å²) >= 11 is 0. The summed E-state index contributed by atoms with van der Waals surface area (Å²) in [5.41, 5.74) is 1.08. The molecular weight excluding hydrogens is 416 g/mol. The first-order valence-electron chi connectivity index (χ1n) is 9.58. The number of carboxylic acid groups (broad SMARTS) is 2. The first kappa shape index (κ1) is 30.8. The number of hydrogen-bond donors (Lipinski definition) is 2. The number of carbonyl (C=O) groups is 4. The van der Waals surface area contributed by atoms with Crippen molar-refractivity contribution in [3.63, 3.8) is 0 Å². The highest BCUT2D eigenvalue weighted by molar-refractivity contribution is 6.07. The van der Waals surface area contributed by atoms with Gasteiger partial charge in [-0.1, -0.05) is 32.2 Å². The molecule has 1 saturated heterocycles. The highest BCUT2D eigenvalue weighted by Crippen LogP contribution is 2.24. The van der Waals surface area contributed by atoms with E-state index in [-0.39, 0.29) is 35.1 Å². The van der Waals surface area contributed by atoms with E-state index in [0.717, 1.165) is 0 Å². The molecule has 0 radical (unpaired) electrons.